The number of amides is 1. The number of hydrogen-bond acceptors (Lipinski definition) is 4. The number of benzene rings is 3. The third-order valence-corrected chi connectivity index (χ3v) is 4.50. The molecule has 30 heavy (non-hydrogen) atoms. The number of nitrogens with one attached hydrogen (secondary N) is 1. The molecule has 0 saturated heterocycles. The maximum absolute atomic E-state index is 12.0. The van der Waals surface area contributed by atoms with Crippen LogP contribution in [-0.2, 0) is 4.79 Å². The summed E-state index contributed by atoms with van der Waals surface area (Å²) >= 11 is 12.6. The van der Waals surface area contributed by atoms with Crippen molar-refractivity contribution in [2.45, 2.75) is 6.92 Å². The zero-order valence-corrected chi connectivity index (χ0v) is 17.8. The third-order valence-electron chi connectivity index (χ3n) is 3.94. The first kappa shape index (κ1) is 21.7. The largest absolute Gasteiger partial charge is 0.494 e. The van der Waals surface area contributed by atoms with E-state index in [1.165, 1.54) is 0 Å². The number of rotatable bonds is 8. The molecule has 1 amide bonds. The Morgan fingerprint density at radius 3 is 2.30 bits per heavy atom. The van der Waals surface area contributed by atoms with Crippen LogP contribution in [0.15, 0.2) is 71.7 Å². The molecule has 3 aromatic rings. The monoisotopic (exact) mass is 442 g/mol. The lowest BCUT2D eigenvalue weighted by Gasteiger charge is -2.11. The molecule has 0 heterocycles. The topological polar surface area (TPSA) is 59.9 Å². The lowest BCUT2D eigenvalue weighted by molar-refractivity contribution is -0.118. The summed E-state index contributed by atoms with van der Waals surface area (Å²) in [4.78, 5) is 16.5. The van der Waals surface area contributed by atoms with Crippen LogP contribution >= 0.6 is 23.2 Å². The van der Waals surface area contributed by atoms with Crippen molar-refractivity contribution in [2.75, 3.05) is 18.5 Å². The Labute approximate surface area is 185 Å². The number of hydrogen-bond donors (Lipinski definition) is 1. The number of nitrogens with zero attached hydrogens (tertiary/aromatic N) is 1. The maximum Gasteiger partial charge on any atom is 0.262 e. The number of anilines is 1. The van der Waals surface area contributed by atoms with Crippen molar-refractivity contribution < 1.29 is 14.3 Å². The molecule has 0 spiro atoms. The van der Waals surface area contributed by atoms with E-state index in [1.807, 2.05) is 49.4 Å². The average molecular weight is 443 g/mol. The van der Waals surface area contributed by atoms with Crippen LogP contribution in [0.5, 0.6) is 11.5 Å². The van der Waals surface area contributed by atoms with Crippen LogP contribution in [0, 0.1) is 0 Å². The minimum absolute atomic E-state index is 0.214. The van der Waals surface area contributed by atoms with Gasteiger partial charge in [0.2, 0.25) is 0 Å². The summed E-state index contributed by atoms with van der Waals surface area (Å²) in [5.74, 6) is 0.731. The van der Waals surface area contributed by atoms with Crippen LogP contribution in [-0.4, -0.2) is 25.3 Å². The number of halogens is 2. The van der Waals surface area contributed by atoms with E-state index in [4.69, 9.17) is 32.7 Å². The van der Waals surface area contributed by atoms with Crippen molar-refractivity contribution in [1.29, 1.82) is 0 Å². The second kappa shape index (κ2) is 10.7. The highest BCUT2D eigenvalue weighted by Crippen LogP contribution is 2.34. The van der Waals surface area contributed by atoms with Crippen LogP contribution < -0.4 is 14.8 Å². The SMILES string of the molecule is CCOc1ccc(N=Cc2cc(Cl)c(OCC(=O)Nc3ccccc3)c(Cl)c2)cc1. The lowest BCUT2D eigenvalue weighted by Crippen LogP contribution is -2.20. The van der Waals surface area contributed by atoms with E-state index in [9.17, 15) is 4.79 Å². The number of aliphatic imine (C=N–C) groups is 1. The molecule has 0 aromatic heterocycles. The van der Waals surface area contributed by atoms with Crippen molar-refractivity contribution >= 4 is 46.7 Å². The van der Waals surface area contributed by atoms with Gasteiger partial charge in [-0.2, -0.15) is 0 Å². The normalized spacial score (nSPS) is 10.8. The summed E-state index contributed by atoms with van der Waals surface area (Å²) in [6.45, 7) is 2.33. The van der Waals surface area contributed by atoms with Crippen LogP contribution in [0.2, 0.25) is 10.0 Å². The average Bonchev–Trinajstić information content (AvgIpc) is 2.73. The number of para-hydroxylation sites is 1. The highest BCUT2D eigenvalue weighted by atomic mass is 35.5. The molecular formula is C23H20Cl2N2O3. The fourth-order valence-corrected chi connectivity index (χ4v) is 3.21. The molecule has 0 saturated carbocycles. The van der Waals surface area contributed by atoms with Gasteiger partial charge in [0, 0.05) is 11.9 Å². The van der Waals surface area contributed by atoms with Crippen molar-refractivity contribution in [3.63, 3.8) is 0 Å². The molecule has 0 aliphatic rings. The van der Waals surface area contributed by atoms with Crippen LogP contribution in [0.4, 0.5) is 11.4 Å². The second-order valence-corrected chi connectivity index (χ2v) is 7.02. The second-order valence-electron chi connectivity index (χ2n) is 6.20. The molecule has 3 rings (SSSR count). The summed E-state index contributed by atoms with van der Waals surface area (Å²) < 4.78 is 10.9. The van der Waals surface area contributed by atoms with E-state index in [1.54, 1.807) is 30.5 Å². The van der Waals surface area contributed by atoms with E-state index in [0.29, 0.717) is 27.9 Å². The molecule has 0 fully saturated rings. The van der Waals surface area contributed by atoms with Gasteiger partial charge >= 0.3 is 0 Å². The molecule has 5 nitrogen and oxygen atoms in total. The van der Waals surface area contributed by atoms with Gasteiger partial charge < -0.3 is 14.8 Å². The van der Waals surface area contributed by atoms with Crippen LogP contribution in [0.1, 0.15) is 12.5 Å². The van der Waals surface area contributed by atoms with Gasteiger partial charge in [0.1, 0.15) is 5.75 Å². The van der Waals surface area contributed by atoms with E-state index < -0.39 is 0 Å². The predicted molar refractivity (Wildman–Crippen MR) is 122 cm³/mol. The molecule has 3 aromatic carbocycles. The fraction of sp³-hybridized carbons (Fsp3) is 0.130. The van der Waals surface area contributed by atoms with E-state index in [0.717, 1.165) is 11.4 Å². The maximum atomic E-state index is 12.0. The van der Waals surface area contributed by atoms with Gasteiger partial charge in [-0.05, 0) is 61.0 Å². The fourth-order valence-electron chi connectivity index (χ4n) is 2.59. The number of carbonyl (C=O) groups excluding carboxylic acids is 1. The Bertz CT molecular complexity index is 999. The van der Waals surface area contributed by atoms with Crippen molar-refractivity contribution in [1.82, 2.24) is 0 Å². The number of carbonyl (C=O) groups is 1. The molecule has 0 aliphatic heterocycles. The molecule has 0 unspecified atom stereocenters. The van der Waals surface area contributed by atoms with Gasteiger partial charge in [0.05, 0.1) is 22.3 Å². The molecule has 7 heteroatoms. The Balaban J connectivity index is 1.62. The zero-order chi connectivity index (χ0) is 21.3. The Morgan fingerprint density at radius 2 is 1.67 bits per heavy atom. The minimum atomic E-state index is -0.311. The molecule has 0 atom stereocenters. The van der Waals surface area contributed by atoms with E-state index in [-0.39, 0.29) is 18.3 Å². The standard InChI is InChI=1S/C23H20Cl2N2O3/c1-2-29-19-10-8-17(9-11-19)26-14-16-12-20(24)23(21(25)13-16)30-15-22(28)27-18-6-4-3-5-7-18/h3-14H,2,15H2,1H3,(H,27,28). The van der Waals surface area contributed by atoms with Gasteiger partial charge in [-0.25, -0.2) is 0 Å². The summed E-state index contributed by atoms with van der Waals surface area (Å²) in [7, 11) is 0. The first-order chi connectivity index (χ1) is 14.5. The third kappa shape index (κ3) is 6.24. The summed E-state index contributed by atoms with van der Waals surface area (Å²) in [5.41, 5.74) is 2.16. The van der Waals surface area contributed by atoms with E-state index in [2.05, 4.69) is 10.3 Å². The molecular weight excluding hydrogens is 423 g/mol. The van der Waals surface area contributed by atoms with Crippen molar-refractivity contribution in [3.05, 3.63) is 82.3 Å². The first-order valence-corrected chi connectivity index (χ1v) is 10.0. The van der Waals surface area contributed by atoms with Gasteiger partial charge in [0.25, 0.3) is 5.91 Å². The zero-order valence-electron chi connectivity index (χ0n) is 16.3. The van der Waals surface area contributed by atoms with Crippen LogP contribution in [0.25, 0.3) is 0 Å². The molecule has 0 aliphatic carbocycles. The van der Waals surface area contributed by atoms with Gasteiger partial charge in [-0.1, -0.05) is 41.4 Å². The van der Waals surface area contributed by atoms with Gasteiger partial charge in [-0.3, -0.25) is 9.79 Å². The summed E-state index contributed by atoms with van der Waals surface area (Å²) in [5, 5.41) is 3.32. The summed E-state index contributed by atoms with van der Waals surface area (Å²) in [6, 6.07) is 19.9. The Hall–Kier alpha value is -3.02. The predicted octanol–water partition coefficient (Wildman–Crippen LogP) is 6.16. The minimum Gasteiger partial charge on any atom is -0.494 e. The molecule has 0 radical (unpaired) electrons. The lowest BCUT2D eigenvalue weighted by atomic mass is 10.2. The molecule has 0 bridgehead atoms. The quantitative estimate of drug-likeness (QED) is 0.424. The van der Waals surface area contributed by atoms with Crippen molar-refractivity contribution in [3.8, 4) is 11.5 Å². The molecule has 1 N–H and O–H groups in total. The van der Waals surface area contributed by atoms with Crippen LogP contribution in [0.3, 0.4) is 0 Å². The Kier molecular flexibility index (Phi) is 7.71. The summed E-state index contributed by atoms with van der Waals surface area (Å²) in [6.07, 6.45) is 1.65. The Morgan fingerprint density at radius 1 is 1.00 bits per heavy atom. The highest BCUT2D eigenvalue weighted by molar-refractivity contribution is 6.37. The van der Waals surface area contributed by atoms with Gasteiger partial charge in [-0.15, -0.1) is 0 Å². The van der Waals surface area contributed by atoms with Crippen molar-refractivity contribution in [2.24, 2.45) is 4.99 Å². The first-order valence-electron chi connectivity index (χ1n) is 9.29. The smallest absolute Gasteiger partial charge is 0.262 e. The van der Waals surface area contributed by atoms with Gasteiger partial charge in [0.15, 0.2) is 12.4 Å². The number of ether oxygens (including phenoxy) is 2. The van der Waals surface area contributed by atoms with E-state index >= 15 is 0 Å². The highest BCUT2D eigenvalue weighted by Gasteiger charge is 2.12. The molecule has 154 valence electrons.